The van der Waals surface area contributed by atoms with Crippen molar-refractivity contribution < 1.29 is 24.2 Å². The Morgan fingerprint density at radius 1 is 0.800 bits per heavy atom. The topological polar surface area (TPSA) is 81.1 Å². The number of carbonyl (C=O) groups excluding carboxylic acids is 2. The Labute approximate surface area is 143 Å². The Balaban J connectivity index is 1.65. The zero-order valence-electron chi connectivity index (χ0n) is 13.4. The fourth-order valence-corrected chi connectivity index (χ4v) is 2.82. The van der Waals surface area contributed by atoms with Gasteiger partial charge >= 0.3 is 0 Å². The minimum absolute atomic E-state index is 0.183. The number of amides is 2. The largest absolute Gasteiger partial charge is 0.508 e. The molecule has 130 valence electrons. The van der Waals surface area contributed by atoms with Crippen molar-refractivity contribution in [3.8, 4) is 11.5 Å². The number of benzene rings is 2. The van der Waals surface area contributed by atoms with Crippen molar-refractivity contribution >= 4 is 11.8 Å². The smallest absolute Gasteiger partial charge is 0.254 e. The number of hydrogen-bond acceptors (Lipinski definition) is 4. The van der Waals surface area contributed by atoms with Gasteiger partial charge in [-0.1, -0.05) is 6.07 Å². The zero-order chi connectivity index (χ0) is 18.0. The van der Waals surface area contributed by atoms with Crippen molar-refractivity contribution in [2.45, 2.75) is 0 Å². The molecule has 0 spiro atoms. The third-order valence-corrected chi connectivity index (χ3v) is 4.08. The normalized spacial score (nSPS) is 14.4. The van der Waals surface area contributed by atoms with Gasteiger partial charge in [-0.3, -0.25) is 9.59 Å². The number of phenolic OH excluding ortho intramolecular Hbond substituents is 2. The highest BCUT2D eigenvalue weighted by Crippen LogP contribution is 2.22. The lowest BCUT2D eigenvalue weighted by atomic mass is 10.1. The molecular weight excluding hydrogens is 327 g/mol. The van der Waals surface area contributed by atoms with Crippen molar-refractivity contribution in [1.82, 2.24) is 9.80 Å². The van der Waals surface area contributed by atoms with Gasteiger partial charge in [-0.2, -0.15) is 0 Å². The van der Waals surface area contributed by atoms with E-state index in [1.165, 1.54) is 30.3 Å². The van der Waals surface area contributed by atoms with Gasteiger partial charge < -0.3 is 20.0 Å². The number of hydrogen-bond donors (Lipinski definition) is 2. The lowest BCUT2D eigenvalue weighted by Gasteiger charge is -2.35. The molecule has 1 aliphatic heterocycles. The molecule has 0 bridgehead atoms. The van der Waals surface area contributed by atoms with Crippen LogP contribution in [0, 0.1) is 5.82 Å². The van der Waals surface area contributed by atoms with Gasteiger partial charge in [0.05, 0.1) is 0 Å². The highest BCUT2D eigenvalue weighted by Gasteiger charge is 2.26. The van der Waals surface area contributed by atoms with Gasteiger partial charge in [0.1, 0.15) is 17.3 Å². The molecule has 6 nitrogen and oxygen atoms in total. The van der Waals surface area contributed by atoms with Crippen molar-refractivity contribution in [2.75, 3.05) is 26.2 Å². The highest BCUT2D eigenvalue weighted by molar-refractivity contribution is 5.96. The van der Waals surface area contributed by atoms with Crippen LogP contribution in [0.5, 0.6) is 11.5 Å². The van der Waals surface area contributed by atoms with E-state index < -0.39 is 5.82 Å². The number of nitrogens with zero attached hydrogens (tertiary/aromatic N) is 2. The fourth-order valence-electron chi connectivity index (χ4n) is 2.82. The van der Waals surface area contributed by atoms with E-state index in [1.54, 1.807) is 15.9 Å². The summed E-state index contributed by atoms with van der Waals surface area (Å²) >= 11 is 0. The van der Waals surface area contributed by atoms with Gasteiger partial charge in [0.2, 0.25) is 0 Å². The van der Waals surface area contributed by atoms with Gasteiger partial charge in [0.15, 0.2) is 0 Å². The molecule has 1 saturated heterocycles. The van der Waals surface area contributed by atoms with Crippen molar-refractivity contribution in [3.63, 3.8) is 0 Å². The van der Waals surface area contributed by atoms with Crippen molar-refractivity contribution in [3.05, 3.63) is 59.4 Å². The minimum atomic E-state index is -0.469. The van der Waals surface area contributed by atoms with E-state index in [-0.39, 0.29) is 34.4 Å². The van der Waals surface area contributed by atoms with Crippen LogP contribution in [-0.4, -0.2) is 58.0 Å². The van der Waals surface area contributed by atoms with Crippen LogP contribution in [0.25, 0.3) is 0 Å². The number of carbonyl (C=O) groups is 2. The van der Waals surface area contributed by atoms with E-state index in [9.17, 15) is 24.2 Å². The number of aromatic hydroxyl groups is 2. The van der Waals surface area contributed by atoms with E-state index in [1.807, 2.05) is 0 Å². The van der Waals surface area contributed by atoms with Crippen LogP contribution in [0.3, 0.4) is 0 Å². The van der Waals surface area contributed by atoms with E-state index in [0.717, 1.165) is 6.07 Å². The summed E-state index contributed by atoms with van der Waals surface area (Å²) < 4.78 is 13.3. The monoisotopic (exact) mass is 344 g/mol. The van der Waals surface area contributed by atoms with Crippen LogP contribution in [0.15, 0.2) is 42.5 Å². The first kappa shape index (κ1) is 16.8. The average molecular weight is 344 g/mol. The predicted molar refractivity (Wildman–Crippen MR) is 88.0 cm³/mol. The van der Waals surface area contributed by atoms with Crippen LogP contribution in [0.1, 0.15) is 20.7 Å². The molecule has 3 rings (SSSR count). The van der Waals surface area contributed by atoms with Crippen LogP contribution in [0.2, 0.25) is 0 Å². The molecule has 0 aliphatic carbocycles. The second kappa shape index (κ2) is 6.80. The number of halogens is 1. The molecule has 0 unspecified atom stereocenters. The Bertz CT molecular complexity index is 796. The molecule has 25 heavy (non-hydrogen) atoms. The molecule has 1 heterocycles. The lowest BCUT2D eigenvalue weighted by molar-refractivity contribution is 0.0535. The molecule has 2 aromatic rings. The Kier molecular flexibility index (Phi) is 4.56. The predicted octanol–water partition coefficient (Wildman–Crippen LogP) is 1.84. The molecule has 2 amide bonds. The van der Waals surface area contributed by atoms with Crippen LogP contribution in [0.4, 0.5) is 4.39 Å². The standard InChI is InChI=1S/C18H17FN2O4/c19-14-3-1-2-12(8-14)17(24)20-4-6-21(7-5-20)18(25)13-9-15(22)11-16(23)10-13/h1-3,8-11,22-23H,4-7H2. The highest BCUT2D eigenvalue weighted by atomic mass is 19.1. The van der Waals surface area contributed by atoms with Crippen LogP contribution < -0.4 is 0 Å². The van der Waals surface area contributed by atoms with Gasteiger partial charge in [-0.15, -0.1) is 0 Å². The molecule has 0 saturated carbocycles. The summed E-state index contributed by atoms with van der Waals surface area (Å²) in [4.78, 5) is 27.9. The molecular formula is C18H17FN2O4. The summed E-state index contributed by atoms with van der Waals surface area (Å²) in [5, 5.41) is 19.0. The molecule has 1 fully saturated rings. The first-order chi connectivity index (χ1) is 11.9. The quantitative estimate of drug-likeness (QED) is 0.871. The Hall–Kier alpha value is -3.09. The second-order valence-corrected chi connectivity index (χ2v) is 5.83. The Morgan fingerprint density at radius 3 is 1.84 bits per heavy atom. The average Bonchev–Trinajstić information content (AvgIpc) is 2.60. The molecule has 2 aromatic carbocycles. The maximum absolute atomic E-state index is 13.3. The molecule has 2 N–H and O–H groups in total. The number of rotatable bonds is 2. The van der Waals surface area contributed by atoms with Gasteiger partial charge in [0, 0.05) is 43.4 Å². The lowest BCUT2D eigenvalue weighted by Crippen LogP contribution is -2.50. The molecule has 1 aliphatic rings. The molecule has 0 radical (unpaired) electrons. The van der Waals surface area contributed by atoms with Crippen LogP contribution >= 0.6 is 0 Å². The van der Waals surface area contributed by atoms with Gasteiger partial charge in [0.25, 0.3) is 11.8 Å². The molecule has 7 heteroatoms. The summed E-state index contributed by atoms with van der Waals surface area (Å²) in [5.41, 5.74) is 0.458. The SMILES string of the molecule is O=C(c1cc(O)cc(O)c1)N1CCN(C(=O)c2cccc(F)c2)CC1. The van der Waals surface area contributed by atoms with Crippen LogP contribution in [-0.2, 0) is 0 Å². The van der Waals surface area contributed by atoms with E-state index in [4.69, 9.17) is 0 Å². The first-order valence-corrected chi connectivity index (χ1v) is 7.81. The van der Waals surface area contributed by atoms with Gasteiger partial charge in [-0.05, 0) is 30.3 Å². The van der Waals surface area contributed by atoms with Crippen molar-refractivity contribution in [2.24, 2.45) is 0 Å². The van der Waals surface area contributed by atoms with Gasteiger partial charge in [-0.25, -0.2) is 4.39 Å². The maximum Gasteiger partial charge on any atom is 0.254 e. The van der Waals surface area contributed by atoms with E-state index >= 15 is 0 Å². The Morgan fingerprint density at radius 2 is 1.32 bits per heavy atom. The first-order valence-electron chi connectivity index (χ1n) is 7.81. The molecule has 0 atom stereocenters. The number of phenols is 2. The minimum Gasteiger partial charge on any atom is -0.508 e. The van der Waals surface area contributed by atoms with E-state index in [0.29, 0.717) is 26.2 Å². The third kappa shape index (κ3) is 3.71. The molecule has 0 aromatic heterocycles. The summed E-state index contributed by atoms with van der Waals surface area (Å²) in [6.07, 6.45) is 0. The maximum atomic E-state index is 13.3. The summed E-state index contributed by atoms with van der Waals surface area (Å²) in [5.74, 6) is -1.46. The number of piperazine rings is 1. The second-order valence-electron chi connectivity index (χ2n) is 5.83. The third-order valence-electron chi connectivity index (χ3n) is 4.08. The summed E-state index contributed by atoms with van der Waals surface area (Å²) in [6.45, 7) is 1.28. The summed E-state index contributed by atoms with van der Waals surface area (Å²) in [6, 6.07) is 9.22. The fraction of sp³-hybridized carbons (Fsp3) is 0.222. The van der Waals surface area contributed by atoms with E-state index in [2.05, 4.69) is 0 Å². The summed E-state index contributed by atoms with van der Waals surface area (Å²) in [7, 11) is 0. The zero-order valence-corrected chi connectivity index (χ0v) is 13.4. The van der Waals surface area contributed by atoms with Crippen molar-refractivity contribution in [1.29, 1.82) is 0 Å².